The third-order valence-electron chi connectivity index (χ3n) is 4.40. The Bertz CT molecular complexity index is 808. The number of fused-ring (bicyclic) bond motifs is 1. The molecule has 0 aliphatic carbocycles. The molecule has 0 saturated heterocycles. The molecule has 0 radical (unpaired) electrons. The number of benzene rings is 3. The standard InChI is InChI=1S/C21H22O2/c1-2-5-17(12-15-8-11-20(22)21(23)13-15)19-10-9-16-6-3-4-7-18(16)14-19/h3-4,6-11,13-14,17,22-23H,2,5,12H2,1H3. The first-order valence-electron chi connectivity index (χ1n) is 8.17. The van der Waals surface area contributed by atoms with Crippen molar-refractivity contribution in [3.8, 4) is 11.5 Å². The predicted molar refractivity (Wildman–Crippen MR) is 95.1 cm³/mol. The Balaban J connectivity index is 1.91. The SMILES string of the molecule is CCCC(Cc1ccc(O)c(O)c1)c1ccc2ccccc2c1. The first-order chi connectivity index (χ1) is 11.2. The van der Waals surface area contributed by atoms with Gasteiger partial charge in [-0.25, -0.2) is 0 Å². The number of aromatic hydroxyl groups is 2. The molecule has 1 unspecified atom stereocenters. The lowest BCUT2D eigenvalue weighted by Crippen LogP contribution is -2.03. The van der Waals surface area contributed by atoms with Crippen LogP contribution in [0.25, 0.3) is 10.8 Å². The van der Waals surface area contributed by atoms with Crippen LogP contribution in [0.3, 0.4) is 0 Å². The molecule has 0 amide bonds. The van der Waals surface area contributed by atoms with Crippen LogP contribution in [0.15, 0.2) is 60.7 Å². The summed E-state index contributed by atoms with van der Waals surface area (Å²) in [7, 11) is 0. The van der Waals surface area contributed by atoms with Crippen molar-refractivity contribution in [2.45, 2.75) is 32.1 Å². The zero-order valence-corrected chi connectivity index (χ0v) is 13.4. The number of rotatable bonds is 5. The number of hydrogen-bond acceptors (Lipinski definition) is 2. The molecule has 0 spiro atoms. The Labute approximate surface area is 137 Å². The van der Waals surface area contributed by atoms with E-state index in [0.717, 1.165) is 24.8 Å². The van der Waals surface area contributed by atoms with Crippen molar-refractivity contribution in [2.75, 3.05) is 0 Å². The van der Waals surface area contributed by atoms with Crippen LogP contribution in [0.5, 0.6) is 11.5 Å². The smallest absolute Gasteiger partial charge is 0.157 e. The summed E-state index contributed by atoms with van der Waals surface area (Å²) in [5, 5.41) is 21.7. The van der Waals surface area contributed by atoms with Gasteiger partial charge in [0.25, 0.3) is 0 Å². The molecule has 0 saturated carbocycles. The van der Waals surface area contributed by atoms with Crippen LogP contribution < -0.4 is 0 Å². The van der Waals surface area contributed by atoms with Crippen molar-refractivity contribution >= 4 is 10.8 Å². The van der Waals surface area contributed by atoms with Gasteiger partial charge in [0, 0.05) is 0 Å². The van der Waals surface area contributed by atoms with Gasteiger partial charge < -0.3 is 10.2 Å². The minimum Gasteiger partial charge on any atom is -0.504 e. The van der Waals surface area contributed by atoms with E-state index in [0.29, 0.717) is 5.92 Å². The molecule has 0 heterocycles. The second kappa shape index (κ2) is 6.74. The molecule has 2 heteroatoms. The summed E-state index contributed by atoms with van der Waals surface area (Å²) < 4.78 is 0. The van der Waals surface area contributed by atoms with Gasteiger partial charge in [-0.1, -0.05) is 61.9 Å². The molecule has 0 fully saturated rings. The summed E-state index contributed by atoms with van der Waals surface area (Å²) >= 11 is 0. The van der Waals surface area contributed by atoms with E-state index in [-0.39, 0.29) is 11.5 Å². The van der Waals surface area contributed by atoms with Gasteiger partial charge in [-0.15, -0.1) is 0 Å². The normalized spacial score (nSPS) is 12.4. The van der Waals surface area contributed by atoms with Gasteiger partial charge in [-0.05, 0) is 52.8 Å². The Kier molecular flexibility index (Phi) is 4.52. The zero-order valence-electron chi connectivity index (χ0n) is 13.4. The third-order valence-corrected chi connectivity index (χ3v) is 4.40. The highest BCUT2D eigenvalue weighted by Crippen LogP contribution is 2.31. The monoisotopic (exact) mass is 306 g/mol. The number of phenolic OH excluding ortho intramolecular Hbond substituents is 2. The highest BCUT2D eigenvalue weighted by molar-refractivity contribution is 5.83. The summed E-state index contributed by atoms with van der Waals surface area (Å²) in [6, 6.07) is 20.2. The van der Waals surface area contributed by atoms with Gasteiger partial charge in [0.1, 0.15) is 0 Å². The van der Waals surface area contributed by atoms with Gasteiger partial charge >= 0.3 is 0 Å². The third kappa shape index (κ3) is 3.48. The molecule has 0 aliphatic heterocycles. The molecule has 0 aliphatic rings. The molecule has 0 bridgehead atoms. The van der Waals surface area contributed by atoms with E-state index in [9.17, 15) is 10.2 Å². The fourth-order valence-electron chi connectivity index (χ4n) is 3.18. The molecule has 1 atom stereocenters. The minimum atomic E-state index is -0.0634. The highest BCUT2D eigenvalue weighted by Gasteiger charge is 2.13. The largest absolute Gasteiger partial charge is 0.504 e. The number of hydrogen-bond donors (Lipinski definition) is 2. The van der Waals surface area contributed by atoms with Gasteiger partial charge in [0.15, 0.2) is 11.5 Å². The van der Waals surface area contributed by atoms with E-state index in [1.54, 1.807) is 12.1 Å². The predicted octanol–water partition coefficient (Wildman–Crippen LogP) is 5.38. The van der Waals surface area contributed by atoms with Crippen LogP contribution >= 0.6 is 0 Å². The first kappa shape index (κ1) is 15.4. The molecule has 3 aromatic rings. The van der Waals surface area contributed by atoms with Crippen molar-refractivity contribution < 1.29 is 10.2 Å². The van der Waals surface area contributed by atoms with Crippen molar-refractivity contribution in [3.05, 3.63) is 71.8 Å². The lowest BCUT2D eigenvalue weighted by Gasteiger charge is -2.18. The lowest BCUT2D eigenvalue weighted by molar-refractivity contribution is 0.403. The van der Waals surface area contributed by atoms with E-state index >= 15 is 0 Å². The summed E-state index contributed by atoms with van der Waals surface area (Å²) in [6.45, 7) is 2.20. The fourth-order valence-corrected chi connectivity index (χ4v) is 3.18. The van der Waals surface area contributed by atoms with E-state index in [1.165, 1.54) is 16.3 Å². The van der Waals surface area contributed by atoms with Crippen LogP contribution in [-0.2, 0) is 6.42 Å². The van der Waals surface area contributed by atoms with Crippen molar-refractivity contribution in [1.29, 1.82) is 0 Å². The van der Waals surface area contributed by atoms with Gasteiger partial charge in [0.05, 0.1) is 0 Å². The van der Waals surface area contributed by atoms with Crippen LogP contribution in [0.2, 0.25) is 0 Å². The van der Waals surface area contributed by atoms with Crippen LogP contribution in [0.4, 0.5) is 0 Å². The average Bonchev–Trinajstić information content (AvgIpc) is 2.57. The Hall–Kier alpha value is -2.48. The average molecular weight is 306 g/mol. The van der Waals surface area contributed by atoms with E-state index in [4.69, 9.17) is 0 Å². The maximum Gasteiger partial charge on any atom is 0.157 e. The van der Waals surface area contributed by atoms with E-state index < -0.39 is 0 Å². The topological polar surface area (TPSA) is 40.5 Å². The van der Waals surface area contributed by atoms with Crippen LogP contribution in [0, 0.1) is 0 Å². The molecule has 23 heavy (non-hydrogen) atoms. The molecule has 3 aromatic carbocycles. The molecule has 2 nitrogen and oxygen atoms in total. The molecule has 2 N–H and O–H groups in total. The minimum absolute atomic E-state index is 0.0451. The second-order valence-corrected chi connectivity index (χ2v) is 6.12. The summed E-state index contributed by atoms with van der Waals surface area (Å²) in [4.78, 5) is 0. The fraction of sp³-hybridized carbons (Fsp3) is 0.238. The molecule has 3 rings (SSSR count). The van der Waals surface area contributed by atoms with Gasteiger partial charge in [-0.3, -0.25) is 0 Å². The first-order valence-corrected chi connectivity index (χ1v) is 8.17. The van der Waals surface area contributed by atoms with Gasteiger partial charge in [-0.2, -0.15) is 0 Å². The summed E-state index contributed by atoms with van der Waals surface area (Å²) in [5.41, 5.74) is 2.38. The summed E-state index contributed by atoms with van der Waals surface area (Å²) in [6.07, 6.45) is 3.07. The zero-order chi connectivity index (χ0) is 16.2. The van der Waals surface area contributed by atoms with Crippen molar-refractivity contribution in [2.24, 2.45) is 0 Å². The molecular weight excluding hydrogens is 284 g/mol. The van der Waals surface area contributed by atoms with Gasteiger partial charge in [0.2, 0.25) is 0 Å². The maximum atomic E-state index is 9.70. The van der Waals surface area contributed by atoms with Crippen molar-refractivity contribution in [1.82, 2.24) is 0 Å². The summed E-state index contributed by atoms with van der Waals surface area (Å²) in [5.74, 6) is 0.302. The van der Waals surface area contributed by atoms with E-state index in [1.807, 2.05) is 6.07 Å². The van der Waals surface area contributed by atoms with E-state index in [2.05, 4.69) is 49.4 Å². The van der Waals surface area contributed by atoms with Crippen LogP contribution in [0.1, 0.15) is 36.8 Å². The second-order valence-electron chi connectivity index (χ2n) is 6.12. The number of phenols is 2. The molecular formula is C21H22O2. The Morgan fingerprint density at radius 3 is 2.35 bits per heavy atom. The Morgan fingerprint density at radius 1 is 0.826 bits per heavy atom. The maximum absolute atomic E-state index is 9.70. The Morgan fingerprint density at radius 2 is 1.61 bits per heavy atom. The van der Waals surface area contributed by atoms with Crippen molar-refractivity contribution in [3.63, 3.8) is 0 Å². The molecule has 0 aromatic heterocycles. The highest BCUT2D eigenvalue weighted by atomic mass is 16.3. The molecule has 118 valence electrons. The quantitative estimate of drug-likeness (QED) is 0.621. The van der Waals surface area contributed by atoms with Crippen LogP contribution in [-0.4, -0.2) is 10.2 Å². The lowest BCUT2D eigenvalue weighted by atomic mass is 9.87.